The number of rotatable bonds is 5. The van der Waals surface area contributed by atoms with Crippen molar-refractivity contribution in [2.75, 3.05) is 13.7 Å². The normalized spacial score (nSPS) is 10.1. The van der Waals surface area contributed by atoms with Crippen LogP contribution in [0.3, 0.4) is 0 Å². The molecule has 2 aromatic rings. The zero-order chi connectivity index (χ0) is 16.1. The molecule has 0 saturated carbocycles. The van der Waals surface area contributed by atoms with Crippen molar-refractivity contribution in [2.45, 2.75) is 0 Å². The molecule has 0 N–H and O–H groups in total. The Morgan fingerprint density at radius 2 is 1.59 bits per heavy atom. The lowest BCUT2D eigenvalue weighted by atomic mass is 10.1. The van der Waals surface area contributed by atoms with Crippen LogP contribution in [0.2, 0.25) is 0 Å². The molecular formula is C16H12F2O4. The summed E-state index contributed by atoms with van der Waals surface area (Å²) >= 11 is 0. The predicted octanol–water partition coefficient (Wildman–Crippen LogP) is 3.01. The fraction of sp³-hybridized carbons (Fsp3) is 0.125. The van der Waals surface area contributed by atoms with Crippen molar-refractivity contribution in [3.8, 4) is 5.75 Å². The summed E-state index contributed by atoms with van der Waals surface area (Å²) in [5.41, 5.74) is -0.521. The van der Waals surface area contributed by atoms with Crippen molar-refractivity contribution in [2.24, 2.45) is 0 Å². The van der Waals surface area contributed by atoms with Gasteiger partial charge in [0.05, 0.1) is 7.11 Å². The van der Waals surface area contributed by atoms with E-state index in [1.165, 1.54) is 19.2 Å². The number of ketones is 1. The second-order valence-electron chi connectivity index (χ2n) is 4.32. The van der Waals surface area contributed by atoms with Gasteiger partial charge in [-0.25, -0.2) is 13.6 Å². The van der Waals surface area contributed by atoms with Gasteiger partial charge >= 0.3 is 5.97 Å². The van der Waals surface area contributed by atoms with Gasteiger partial charge in [0.15, 0.2) is 12.4 Å². The van der Waals surface area contributed by atoms with E-state index in [1.807, 2.05) is 0 Å². The van der Waals surface area contributed by atoms with Crippen molar-refractivity contribution in [3.05, 3.63) is 65.2 Å². The van der Waals surface area contributed by atoms with Crippen molar-refractivity contribution >= 4 is 11.8 Å². The maximum atomic E-state index is 13.4. The summed E-state index contributed by atoms with van der Waals surface area (Å²) in [6.45, 7) is -0.612. The summed E-state index contributed by atoms with van der Waals surface area (Å²) in [5, 5.41) is 0. The molecule has 0 aliphatic heterocycles. The first kappa shape index (κ1) is 15.6. The van der Waals surface area contributed by atoms with Gasteiger partial charge < -0.3 is 9.47 Å². The molecule has 0 fully saturated rings. The molecule has 0 aliphatic carbocycles. The van der Waals surface area contributed by atoms with Crippen molar-refractivity contribution < 1.29 is 27.8 Å². The maximum absolute atomic E-state index is 13.4. The van der Waals surface area contributed by atoms with Gasteiger partial charge in [0.2, 0.25) is 0 Å². The lowest BCUT2D eigenvalue weighted by Gasteiger charge is -2.06. The van der Waals surface area contributed by atoms with Crippen LogP contribution in [0.1, 0.15) is 20.7 Å². The predicted molar refractivity (Wildman–Crippen MR) is 74.0 cm³/mol. The second kappa shape index (κ2) is 6.80. The van der Waals surface area contributed by atoms with Gasteiger partial charge in [-0.15, -0.1) is 0 Å². The monoisotopic (exact) mass is 306 g/mol. The fourth-order valence-electron chi connectivity index (χ4n) is 1.76. The van der Waals surface area contributed by atoms with Gasteiger partial charge in [-0.1, -0.05) is 6.07 Å². The number of halogens is 2. The minimum absolute atomic E-state index is 0.294. The summed E-state index contributed by atoms with van der Waals surface area (Å²) in [7, 11) is 1.49. The number of hydrogen-bond acceptors (Lipinski definition) is 4. The lowest BCUT2D eigenvalue weighted by Crippen LogP contribution is -2.16. The standard InChI is InChI=1S/C16H12F2O4/c1-21-11-7-5-10(6-8-11)14(19)9-22-16(20)15-12(17)3-2-4-13(15)18/h2-8H,9H2,1H3. The Morgan fingerprint density at radius 1 is 1.00 bits per heavy atom. The average molecular weight is 306 g/mol. The van der Waals surface area contributed by atoms with Crippen LogP contribution in [-0.2, 0) is 4.74 Å². The first-order valence-corrected chi connectivity index (χ1v) is 6.31. The van der Waals surface area contributed by atoms with Gasteiger partial charge in [0.25, 0.3) is 0 Å². The van der Waals surface area contributed by atoms with E-state index in [-0.39, 0.29) is 0 Å². The molecular weight excluding hydrogens is 294 g/mol. The summed E-state index contributed by atoms with van der Waals surface area (Å²) < 4.78 is 36.4. The Kier molecular flexibility index (Phi) is 4.83. The summed E-state index contributed by atoms with van der Waals surface area (Å²) in [5.74, 6) is -3.23. The molecule has 6 heteroatoms. The highest BCUT2D eigenvalue weighted by molar-refractivity contribution is 5.99. The van der Waals surface area contributed by atoms with E-state index in [0.29, 0.717) is 11.3 Å². The molecule has 2 aromatic carbocycles. The number of benzene rings is 2. The minimum atomic E-state index is -1.22. The van der Waals surface area contributed by atoms with Crippen molar-refractivity contribution in [1.82, 2.24) is 0 Å². The minimum Gasteiger partial charge on any atom is -0.497 e. The van der Waals surface area contributed by atoms with Crippen LogP contribution in [0.15, 0.2) is 42.5 Å². The van der Waals surface area contributed by atoms with Gasteiger partial charge in [0.1, 0.15) is 22.9 Å². The number of carbonyl (C=O) groups is 2. The Hall–Kier alpha value is -2.76. The Labute approximate surface area is 125 Å². The number of esters is 1. The molecule has 0 amide bonds. The van der Waals surface area contributed by atoms with Crippen LogP contribution >= 0.6 is 0 Å². The molecule has 0 saturated heterocycles. The molecule has 0 atom stereocenters. The van der Waals surface area contributed by atoms with Gasteiger partial charge in [-0.3, -0.25) is 4.79 Å². The Balaban J connectivity index is 2.02. The zero-order valence-electron chi connectivity index (χ0n) is 11.6. The SMILES string of the molecule is COc1ccc(C(=O)COC(=O)c2c(F)cccc2F)cc1. The van der Waals surface area contributed by atoms with Gasteiger partial charge in [-0.2, -0.15) is 0 Å². The highest BCUT2D eigenvalue weighted by Gasteiger charge is 2.19. The molecule has 22 heavy (non-hydrogen) atoms. The van der Waals surface area contributed by atoms with Crippen LogP contribution < -0.4 is 4.74 Å². The van der Waals surface area contributed by atoms with Crippen LogP contribution in [-0.4, -0.2) is 25.5 Å². The lowest BCUT2D eigenvalue weighted by molar-refractivity contribution is 0.0465. The van der Waals surface area contributed by atoms with Crippen LogP contribution in [0.4, 0.5) is 8.78 Å². The van der Waals surface area contributed by atoms with E-state index in [9.17, 15) is 18.4 Å². The third-order valence-corrected chi connectivity index (χ3v) is 2.91. The average Bonchev–Trinajstić information content (AvgIpc) is 2.52. The zero-order valence-corrected chi connectivity index (χ0v) is 11.6. The van der Waals surface area contributed by atoms with E-state index >= 15 is 0 Å². The van der Waals surface area contributed by atoms with Crippen molar-refractivity contribution in [1.29, 1.82) is 0 Å². The van der Waals surface area contributed by atoms with Crippen molar-refractivity contribution in [3.63, 3.8) is 0 Å². The maximum Gasteiger partial charge on any atom is 0.344 e. The molecule has 0 unspecified atom stereocenters. The third kappa shape index (κ3) is 3.46. The molecule has 0 aromatic heterocycles. The fourth-order valence-corrected chi connectivity index (χ4v) is 1.76. The quantitative estimate of drug-likeness (QED) is 0.629. The van der Waals surface area contributed by atoms with E-state index in [0.717, 1.165) is 18.2 Å². The first-order valence-electron chi connectivity index (χ1n) is 6.31. The number of hydrogen-bond donors (Lipinski definition) is 0. The molecule has 0 heterocycles. The topological polar surface area (TPSA) is 52.6 Å². The Bertz CT molecular complexity index is 676. The first-order chi connectivity index (χ1) is 10.5. The summed E-state index contributed by atoms with van der Waals surface area (Å²) in [4.78, 5) is 23.5. The van der Waals surface area contributed by atoms with E-state index in [4.69, 9.17) is 4.74 Å². The van der Waals surface area contributed by atoms with Crippen LogP contribution in [0.5, 0.6) is 5.75 Å². The van der Waals surface area contributed by atoms with Crippen LogP contribution in [0, 0.1) is 11.6 Å². The van der Waals surface area contributed by atoms with Gasteiger partial charge in [-0.05, 0) is 36.4 Å². The third-order valence-electron chi connectivity index (χ3n) is 2.91. The largest absolute Gasteiger partial charge is 0.497 e. The smallest absolute Gasteiger partial charge is 0.344 e. The Morgan fingerprint density at radius 3 is 2.14 bits per heavy atom. The number of methoxy groups -OCH3 is 1. The number of Topliss-reactive ketones (excluding diaryl/α,β-unsaturated/α-hetero) is 1. The molecule has 0 radical (unpaired) electrons. The molecule has 0 aliphatic rings. The van der Waals surface area contributed by atoms with Gasteiger partial charge in [0, 0.05) is 5.56 Å². The highest BCUT2D eigenvalue weighted by Crippen LogP contribution is 2.15. The highest BCUT2D eigenvalue weighted by atomic mass is 19.1. The summed E-state index contributed by atoms with van der Waals surface area (Å²) in [6, 6.07) is 9.15. The molecule has 4 nitrogen and oxygen atoms in total. The van der Waals surface area contributed by atoms with Crippen LogP contribution in [0.25, 0.3) is 0 Å². The summed E-state index contributed by atoms with van der Waals surface area (Å²) in [6.07, 6.45) is 0. The molecule has 114 valence electrons. The number of carbonyl (C=O) groups excluding carboxylic acids is 2. The second-order valence-corrected chi connectivity index (χ2v) is 4.32. The molecule has 2 rings (SSSR count). The van der Waals surface area contributed by atoms with E-state index in [2.05, 4.69) is 4.74 Å². The van der Waals surface area contributed by atoms with E-state index < -0.39 is 35.6 Å². The molecule has 0 bridgehead atoms. The molecule has 0 spiro atoms. The number of ether oxygens (including phenoxy) is 2. The van der Waals surface area contributed by atoms with E-state index in [1.54, 1.807) is 12.1 Å².